The third kappa shape index (κ3) is 3.91. The van der Waals surface area contributed by atoms with E-state index >= 15 is 0 Å². The Bertz CT molecular complexity index is 1250. The highest BCUT2D eigenvalue weighted by Crippen LogP contribution is 2.49. The fourth-order valence-electron chi connectivity index (χ4n) is 4.42. The quantitative estimate of drug-likeness (QED) is 0.383. The van der Waals surface area contributed by atoms with Gasteiger partial charge in [-0.1, -0.05) is 30.3 Å². The molecule has 0 atom stereocenters. The molecule has 0 radical (unpaired) electrons. The molecule has 6 heteroatoms. The zero-order valence-corrected chi connectivity index (χ0v) is 21.2. The molecule has 0 aliphatic carbocycles. The van der Waals surface area contributed by atoms with Crippen LogP contribution in [0.25, 0.3) is 10.8 Å². The Kier molecular flexibility index (Phi) is 6.85. The minimum Gasteiger partial charge on any atom is -0.507 e. The summed E-state index contributed by atoms with van der Waals surface area (Å²) in [6.45, 7) is 4.08. The lowest BCUT2D eigenvalue weighted by molar-refractivity contribution is 0.399. The third-order valence-electron chi connectivity index (χ3n) is 6.02. The van der Waals surface area contributed by atoms with Crippen LogP contribution < -0.4 is 34.9 Å². The highest BCUT2D eigenvalue weighted by atomic mass is 31.1. The van der Waals surface area contributed by atoms with Crippen LogP contribution in [-0.4, -0.2) is 33.5 Å². The van der Waals surface area contributed by atoms with E-state index in [-0.39, 0.29) is 5.75 Å². The average Bonchev–Trinajstić information content (AvgIpc) is 2.86. The molecule has 0 saturated heterocycles. The molecule has 0 amide bonds. The maximum atomic E-state index is 11.8. The van der Waals surface area contributed by atoms with Crippen molar-refractivity contribution in [3.63, 3.8) is 0 Å². The van der Waals surface area contributed by atoms with Crippen molar-refractivity contribution in [3.05, 3.63) is 71.8 Å². The first-order valence-electron chi connectivity index (χ1n) is 10.9. The highest BCUT2D eigenvalue weighted by molar-refractivity contribution is 7.80. The van der Waals surface area contributed by atoms with Gasteiger partial charge in [0.25, 0.3) is 0 Å². The van der Waals surface area contributed by atoms with Gasteiger partial charge in [0.05, 0.1) is 39.0 Å². The zero-order chi connectivity index (χ0) is 24.4. The van der Waals surface area contributed by atoms with Gasteiger partial charge in [0.15, 0.2) is 0 Å². The third-order valence-corrected chi connectivity index (χ3v) is 8.62. The Morgan fingerprint density at radius 3 is 1.50 bits per heavy atom. The molecule has 0 spiro atoms. The van der Waals surface area contributed by atoms with E-state index in [2.05, 4.69) is 13.0 Å². The predicted molar refractivity (Wildman–Crippen MR) is 140 cm³/mol. The summed E-state index contributed by atoms with van der Waals surface area (Å²) in [7, 11) is 5.13. The summed E-state index contributed by atoms with van der Waals surface area (Å²) >= 11 is 0. The number of ether oxygens (including phenoxy) is 4. The van der Waals surface area contributed by atoms with E-state index in [0.29, 0.717) is 23.0 Å². The van der Waals surface area contributed by atoms with Crippen molar-refractivity contribution in [2.75, 3.05) is 28.4 Å². The summed E-state index contributed by atoms with van der Waals surface area (Å²) in [5, 5.41) is 16.1. The fraction of sp³-hybridized carbons (Fsp3) is 0.214. The number of aryl methyl sites for hydroxylation is 2. The van der Waals surface area contributed by atoms with Gasteiger partial charge in [-0.2, -0.15) is 0 Å². The molecule has 0 fully saturated rings. The molecular weight excluding hydrogens is 447 g/mol. The number of methoxy groups -OCH3 is 4. The van der Waals surface area contributed by atoms with Crippen LogP contribution in [0.15, 0.2) is 60.7 Å². The number of aromatic hydroxyl groups is 1. The van der Waals surface area contributed by atoms with Gasteiger partial charge in [-0.3, -0.25) is 0 Å². The van der Waals surface area contributed by atoms with Crippen molar-refractivity contribution in [2.45, 2.75) is 13.8 Å². The van der Waals surface area contributed by atoms with E-state index in [1.165, 1.54) is 0 Å². The lowest BCUT2D eigenvalue weighted by Crippen LogP contribution is -2.26. The molecule has 4 aromatic carbocycles. The second kappa shape index (κ2) is 9.82. The van der Waals surface area contributed by atoms with Crippen LogP contribution in [-0.2, 0) is 0 Å². The predicted octanol–water partition coefficient (Wildman–Crippen LogP) is 4.95. The van der Waals surface area contributed by atoms with Crippen LogP contribution >= 0.6 is 7.92 Å². The molecule has 0 bridgehead atoms. The van der Waals surface area contributed by atoms with Gasteiger partial charge >= 0.3 is 0 Å². The first-order chi connectivity index (χ1) is 16.5. The minimum atomic E-state index is -1.43. The van der Waals surface area contributed by atoms with E-state index in [1.54, 1.807) is 28.4 Å². The fourth-order valence-corrected chi connectivity index (χ4v) is 7.31. The van der Waals surface area contributed by atoms with Crippen molar-refractivity contribution in [3.8, 4) is 28.7 Å². The lowest BCUT2D eigenvalue weighted by atomic mass is 10.0. The molecule has 0 aromatic heterocycles. The van der Waals surface area contributed by atoms with Gasteiger partial charge in [-0.05, 0) is 60.7 Å². The molecule has 0 saturated carbocycles. The Morgan fingerprint density at radius 2 is 1.06 bits per heavy atom. The zero-order valence-electron chi connectivity index (χ0n) is 20.3. The van der Waals surface area contributed by atoms with Gasteiger partial charge in [0.1, 0.15) is 28.7 Å². The number of phenols is 1. The second-order valence-electron chi connectivity index (χ2n) is 7.92. The van der Waals surface area contributed by atoms with E-state index in [1.807, 2.05) is 61.5 Å². The molecular formula is C28H29O5P. The smallest absolute Gasteiger partial charge is 0.132 e. The van der Waals surface area contributed by atoms with Crippen molar-refractivity contribution in [1.82, 2.24) is 0 Å². The van der Waals surface area contributed by atoms with Gasteiger partial charge in [-0.15, -0.1) is 0 Å². The monoisotopic (exact) mass is 476 g/mol. The van der Waals surface area contributed by atoms with Crippen LogP contribution in [0.5, 0.6) is 28.7 Å². The minimum absolute atomic E-state index is 0.241. The maximum absolute atomic E-state index is 11.8. The number of fused-ring (bicyclic) bond motifs is 1. The number of benzene rings is 4. The van der Waals surface area contributed by atoms with E-state index < -0.39 is 7.92 Å². The SMILES string of the molecule is COc1cccc(OC)c1P(c1cc(C)c2cccc(C)c2c1O)c1c(OC)cccc1OC. The Morgan fingerprint density at radius 1 is 0.618 bits per heavy atom. The van der Waals surface area contributed by atoms with Crippen molar-refractivity contribution in [1.29, 1.82) is 0 Å². The van der Waals surface area contributed by atoms with Gasteiger partial charge in [0, 0.05) is 18.6 Å². The first kappa shape index (κ1) is 23.7. The van der Waals surface area contributed by atoms with Crippen molar-refractivity contribution < 1.29 is 24.1 Å². The molecule has 0 aliphatic heterocycles. The first-order valence-corrected chi connectivity index (χ1v) is 12.2. The van der Waals surface area contributed by atoms with Crippen LogP contribution in [0.1, 0.15) is 11.1 Å². The molecule has 34 heavy (non-hydrogen) atoms. The van der Waals surface area contributed by atoms with E-state index in [9.17, 15) is 5.11 Å². The van der Waals surface area contributed by atoms with Crippen LogP contribution in [0, 0.1) is 13.8 Å². The van der Waals surface area contributed by atoms with Gasteiger partial charge < -0.3 is 24.1 Å². The van der Waals surface area contributed by atoms with Gasteiger partial charge in [-0.25, -0.2) is 0 Å². The summed E-state index contributed by atoms with van der Waals surface area (Å²) in [5.41, 5.74) is 2.08. The number of rotatable bonds is 7. The summed E-state index contributed by atoms with van der Waals surface area (Å²) in [5.74, 6) is 2.91. The highest BCUT2D eigenvalue weighted by Gasteiger charge is 2.32. The second-order valence-corrected chi connectivity index (χ2v) is 9.96. The Labute approximate surface area is 201 Å². The topological polar surface area (TPSA) is 57.2 Å². The maximum Gasteiger partial charge on any atom is 0.132 e. The summed E-state index contributed by atoms with van der Waals surface area (Å²) in [6.07, 6.45) is 0. The number of hydrogen-bond donors (Lipinski definition) is 1. The largest absolute Gasteiger partial charge is 0.507 e. The molecule has 1 N–H and O–H groups in total. The van der Waals surface area contributed by atoms with E-state index in [4.69, 9.17) is 18.9 Å². The molecule has 4 rings (SSSR count). The Balaban J connectivity index is 2.20. The number of phenolic OH excluding ortho intramolecular Hbond substituents is 1. The van der Waals surface area contributed by atoms with Crippen molar-refractivity contribution >= 4 is 34.6 Å². The summed E-state index contributed by atoms with van der Waals surface area (Å²) in [4.78, 5) is 0. The van der Waals surface area contributed by atoms with Crippen molar-refractivity contribution in [2.24, 2.45) is 0 Å². The molecule has 0 unspecified atom stereocenters. The standard InChI is InChI=1S/C28H29O5P/c1-17-10-7-11-19-18(2)16-24(26(29)25(17)19)34(27-20(30-3)12-8-13-21(27)31-4)28-22(32-5)14-9-15-23(28)33-6/h7-16,29H,1-6H3. The summed E-state index contributed by atoms with van der Waals surface area (Å²) in [6, 6.07) is 19.5. The lowest BCUT2D eigenvalue weighted by Gasteiger charge is -2.28. The molecule has 176 valence electrons. The molecule has 0 aliphatic rings. The van der Waals surface area contributed by atoms with Crippen LogP contribution in [0.4, 0.5) is 0 Å². The normalized spacial score (nSPS) is 11.0. The van der Waals surface area contributed by atoms with Crippen LogP contribution in [0.2, 0.25) is 0 Å². The van der Waals surface area contributed by atoms with E-state index in [0.717, 1.165) is 37.8 Å². The molecule has 5 nitrogen and oxygen atoms in total. The molecule has 0 heterocycles. The summed E-state index contributed by atoms with van der Waals surface area (Å²) < 4.78 is 23.3. The molecule has 4 aromatic rings. The average molecular weight is 477 g/mol. The van der Waals surface area contributed by atoms with Gasteiger partial charge in [0.2, 0.25) is 0 Å². The number of hydrogen-bond acceptors (Lipinski definition) is 5. The Hall–Kier alpha value is -3.43. The van der Waals surface area contributed by atoms with Crippen LogP contribution in [0.3, 0.4) is 0 Å².